The third-order valence-corrected chi connectivity index (χ3v) is 1.40. The quantitative estimate of drug-likeness (QED) is 0.462. The van der Waals surface area contributed by atoms with Gasteiger partial charge in [-0.15, -0.1) is 0 Å². The Labute approximate surface area is 50.2 Å². The van der Waals surface area contributed by atoms with Gasteiger partial charge in [0.2, 0.25) is 0 Å². The minimum Gasteiger partial charge on any atom is -0.321 e. The number of hydrogen-bond donors (Lipinski definition) is 1. The molecule has 1 rings (SSSR count). The molecule has 0 spiro atoms. The zero-order chi connectivity index (χ0) is 6.20. The topological polar surface area (TPSA) is 25.8 Å². The third-order valence-electron chi connectivity index (χ3n) is 1.40. The van der Waals surface area contributed by atoms with Crippen LogP contribution in [0.2, 0.25) is 0 Å². The molecule has 0 radical (unpaired) electrons. The summed E-state index contributed by atoms with van der Waals surface area (Å²) in [6, 6.07) is 0.644. The molecule has 48 valence electrons. The van der Waals surface area contributed by atoms with Gasteiger partial charge in [0.15, 0.2) is 5.72 Å². The van der Waals surface area contributed by atoms with Gasteiger partial charge in [-0.1, -0.05) is 0 Å². The molecule has 2 nitrogen and oxygen atoms in total. The van der Waals surface area contributed by atoms with Crippen molar-refractivity contribution in [2.45, 2.75) is 32.5 Å². The standard InChI is InChI=1S/C6H13NO/c1-5-4-8-6(2,3)7-5/h5,7H,4H2,1-3H3/p+1. The molecule has 0 aromatic heterocycles. The highest BCUT2D eigenvalue weighted by atomic mass is 16.5. The molecule has 0 saturated carbocycles. The molecular weight excluding hydrogens is 102 g/mol. The Bertz CT molecular complexity index is 90.5. The van der Waals surface area contributed by atoms with Gasteiger partial charge in [-0.25, -0.2) is 0 Å². The Kier molecular flexibility index (Phi) is 1.29. The van der Waals surface area contributed by atoms with Gasteiger partial charge in [0.05, 0.1) is 0 Å². The summed E-state index contributed by atoms with van der Waals surface area (Å²) in [4.78, 5) is 0. The van der Waals surface area contributed by atoms with Gasteiger partial charge in [0.1, 0.15) is 12.6 Å². The molecule has 8 heavy (non-hydrogen) atoms. The van der Waals surface area contributed by atoms with Crippen molar-refractivity contribution in [3.63, 3.8) is 0 Å². The van der Waals surface area contributed by atoms with Gasteiger partial charge in [-0.2, -0.15) is 0 Å². The molecule has 1 aliphatic heterocycles. The van der Waals surface area contributed by atoms with Crippen molar-refractivity contribution in [3.05, 3.63) is 0 Å². The lowest BCUT2D eigenvalue weighted by molar-refractivity contribution is -0.748. The van der Waals surface area contributed by atoms with Gasteiger partial charge in [0.25, 0.3) is 0 Å². The number of nitrogens with two attached hydrogens (primary N) is 1. The number of quaternary nitrogens is 1. The summed E-state index contributed by atoms with van der Waals surface area (Å²) in [6.07, 6.45) is 0. The van der Waals surface area contributed by atoms with Crippen LogP contribution in [0.15, 0.2) is 0 Å². The van der Waals surface area contributed by atoms with Crippen molar-refractivity contribution >= 4 is 0 Å². The first kappa shape index (κ1) is 6.05. The van der Waals surface area contributed by atoms with E-state index in [2.05, 4.69) is 26.1 Å². The van der Waals surface area contributed by atoms with Crippen LogP contribution in [0, 0.1) is 0 Å². The Balaban J connectivity index is 2.44. The summed E-state index contributed by atoms with van der Waals surface area (Å²) in [5.74, 6) is 0. The van der Waals surface area contributed by atoms with Crippen LogP contribution in [0.3, 0.4) is 0 Å². The summed E-state index contributed by atoms with van der Waals surface area (Å²) in [6.45, 7) is 7.26. The highest BCUT2D eigenvalue weighted by molar-refractivity contribution is 4.58. The zero-order valence-electron chi connectivity index (χ0n) is 5.77. The van der Waals surface area contributed by atoms with E-state index in [9.17, 15) is 0 Å². The average Bonchev–Trinajstić information content (AvgIpc) is 1.82. The predicted molar refractivity (Wildman–Crippen MR) is 31.4 cm³/mol. The number of rotatable bonds is 0. The highest BCUT2D eigenvalue weighted by Gasteiger charge is 2.32. The smallest absolute Gasteiger partial charge is 0.194 e. The fraction of sp³-hybridized carbons (Fsp3) is 1.00. The van der Waals surface area contributed by atoms with Gasteiger partial charge in [-0.05, 0) is 6.92 Å². The lowest BCUT2D eigenvalue weighted by Crippen LogP contribution is -2.95. The molecule has 0 amide bonds. The van der Waals surface area contributed by atoms with Crippen LogP contribution in [0.5, 0.6) is 0 Å². The van der Waals surface area contributed by atoms with Gasteiger partial charge >= 0.3 is 0 Å². The van der Waals surface area contributed by atoms with E-state index in [4.69, 9.17) is 4.74 Å². The first-order valence-electron chi connectivity index (χ1n) is 3.10. The van der Waals surface area contributed by atoms with Gasteiger partial charge < -0.3 is 10.1 Å². The van der Waals surface area contributed by atoms with E-state index in [0.29, 0.717) is 6.04 Å². The molecule has 0 aromatic carbocycles. The minimum atomic E-state index is 0.0411. The van der Waals surface area contributed by atoms with Crippen LogP contribution >= 0.6 is 0 Å². The van der Waals surface area contributed by atoms with E-state index in [1.165, 1.54) is 0 Å². The maximum atomic E-state index is 5.40. The van der Waals surface area contributed by atoms with E-state index in [1.807, 2.05) is 0 Å². The second kappa shape index (κ2) is 1.71. The molecule has 2 heteroatoms. The molecule has 1 unspecified atom stereocenters. The maximum absolute atomic E-state index is 5.40. The Morgan fingerprint density at radius 3 is 2.38 bits per heavy atom. The van der Waals surface area contributed by atoms with Crippen molar-refractivity contribution in [1.29, 1.82) is 0 Å². The molecule has 0 aromatic rings. The average molecular weight is 116 g/mol. The van der Waals surface area contributed by atoms with Crippen LogP contribution in [0.4, 0.5) is 0 Å². The van der Waals surface area contributed by atoms with Crippen molar-refractivity contribution in [2.24, 2.45) is 0 Å². The monoisotopic (exact) mass is 116 g/mol. The molecule has 2 N–H and O–H groups in total. The second-order valence-electron chi connectivity index (χ2n) is 3.06. The van der Waals surface area contributed by atoms with E-state index < -0.39 is 0 Å². The molecule has 0 bridgehead atoms. The van der Waals surface area contributed by atoms with Crippen molar-refractivity contribution < 1.29 is 10.1 Å². The van der Waals surface area contributed by atoms with E-state index in [-0.39, 0.29) is 5.72 Å². The molecule has 1 fully saturated rings. The zero-order valence-corrected chi connectivity index (χ0v) is 5.77. The Morgan fingerprint density at radius 1 is 1.62 bits per heavy atom. The van der Waals surface area contributed by atoms with Crippen LogP contribution in [-0.4, -0.2) is 18.4 Å². The van der Waals surface area contributed by atoms with Gasteiger partial charge in [-0.3, -0.25) is 0 Å². The summed E-state index contributed by atoms with van der Waals surface area (Å²) >= 11 is 0. The Morgan fingerprint density at radius 2 is 2.25 bits per heavy atom. The fourth-order valence-electron chi connectivity index (χ4n) is 1.13. The van der Waals surface area contributed by atoms with Crippen LogP contribution < -0.4 is 5.32 Å². The SMILES string of the molecule is CC1COC(C)(C)[NH2+]1. The summed E-state index contributed by atoms with van der Waals surface area (Å²) in [5.41, 5.74) is 0.0411. The summed E-state index contributed by atoms with van der Waals surface area (Å²) in [7, 11) is 0. The normalized spacial score (nSPS) is 35.6. The molecule has 0 aliphatic carbocycles. The summed E-state index contributed by atoms with van der Waals surface area (Å²) < 4.78 is 5.40. The summed E-state index contributed by atoms with van der Waals surface area (Å²) in [5, 5.41) is 2.24. The van der Waals surface area contributed by atoms with E-state index in [0.717, 1.165) is 6.61 Å². The van der Waals surface area contributed by atoms with Gasteiger partial charge in [0, 0.05) is 13.8 Å². The number of ether oxygens (including phenoxy) is 1. The molecule has 1 saturated heterocycles. The molecule has 1 heterocycles. The maximum Gasteiger partial charge on any atom is 0.194 e. The van der Waals surface area contributed by atoms with Crippen LogP contribution in [-0.2, 0) is 4.74 Å². The lowest BCUT2D eigenvalue weighted by Gasteiger charge is -2.12. The lowest BCUT2D eigenvalue weighted by atomic mass is 10.3. The van der Waals surface area contributed by atoms with Crippen LogP contribution in [0.25, 0.3) is 0 Å². The van der Waals surface area contributed by atoms with Crippen molar-refractivity contribution in [2.75, 3.05) is 6.61 Å². The predicted octanol–water partition coefficient (Wildman–Crippen LogP) is -0.295. The van der Waals surface area contributed by atoms with Crippen molar-refractivity contribution in [1.82, 2.24) is 0 Å². The largest absolute Gasteiger partial charge is 0.321 e. The second-order valence-corrected chi connectivity index (χ2v) is 3.06. The van der Waals surface area contributed by atoms with E-state index >= 15 is 0 Å². The van der Waals surface area contributed by atoms with Crippen molar-refractivity contribution in [3.8, 4) is 0 Å². The minimum absolute atomic E-state index is 0.0411. The highest BCUT2D eigenvalue weighted by Crippen LogP contribution is 2.03. The first-order chi connectivity index (χ1) is 3.60. The Hall–Kier alpha value is -0.0800. The molecular formula is C6H14NO+. The third kappa shape index (κ3) is 1.20. The first-order valence-corrected chi connectivity index (χ1v) is 3.10. The fourth-order valence-corrected chi connectivity index (χ4v) is 1.13. The van der Waals surface area contributed by atoms with E-state index in [1.54, 1.807) is 0 Å². The van der Waals surface area contributed by atoms with Crippen LogP contribution in [0.1, 0.15) is 20.8 Å². The molecule has 1 aliphatic rings. The number of hydrogen-bond acceptors (Lipinski definition) is 1. The molecule has 1 atom stereocenters.